The third-order valence-electron chi connectivity index (χ3n) is 4.43. The van der Waals surface area contributed by atoms with Crippen molar-refractivity contribution in [2.24, 2.45) is 0 Å². The van der Waals surface area contributed by atoms with Crippen LogP contribution < -0.4 is 15.0 Å². The lowest BCUT2D eigenvalue weighted by atomic mass is 10.2. The van der Waals surface area contributed by atoms with Crippen molar-refractivity contribution < 1.29 is 13.9 Å². The number of nitrogens with zero attached hydrogens (tertiary/aromatic N) is 2. The molecule has 0 radical (unpaired) electrons. The maximum atomic E-state index is 13.8. The zero-order chi connectivity index (χ0) is 18.4. The van der Waals surface area contributed by atoms with E-state index in [0.29, 0.717) is 45.0 Å². The molecule has 1 aliphatic rings. The largest absolute Gasteiger partial charge is 0.492 e. The molecular weight excluding hydrogens is 333 g/mol. The van der Waals surface area contributed by atoms with Crippen LogP contribution in [0.1, 0.15) is 5.56 Å². The van der Waals surface area contributed by atoms with Crippen molar-refractivity contribution in [2.45, 2.75) is 6.92 Å². The molecule has 0 bridgehead atoms. The van der Waals surface area contributed by atoms with Crippen LogP contribution in [0.2, 0.25) is 0 Å². The zero-order valence-corrected chi connectivity index (χ0v) is 15.0. The van der Waals surface area contributed by atoms with Crippen LogP contribution in [0.5, 0.6) is 5.75 Å². The first-order chi connectivity index (χ1) is 12.6. The predicted molar refractivity (Wildman–Crippen MR) is 100 cm³/mol. The van der Waals surface area contributed by atoms with Crippen LogP contribution in [0, 0.1) is 12.7 Å². The lowest BCUT2D eigenvalue weighted by Gasteiger charge is -2.36. The van der Waals surface area contributed by atoms with Crippen LogP contribution in [-0.4, -0.2) is 50.3 Å². The second-order valence-corrected chi connectivity index (χ2v) is 6.32. The molecule has 1 N–H and O–H groups in total. The SMILES string of the molecule is Cc1ccc(OCCNC(=O)N2CCN(c3ccccc3F)CC2)cc1. The number of carbonyl (C=O) groups is 1. The first kappa shape index (κ1) is 18.0. The topological polar surface area (TPSA) is 44.8 Å². The average molecular weight is 357 g/mol. The van der Waals surface area contributed by atoms with Gasteiger partial charge in [-0.1, -0.05) is 29.8 Å². The van der Waals surface area contributed by atoms with Crippen molar-refractivity contribution in [3.63, 3.8) is 0 Å². The summed E-state index contributed by atoms with van der Waals surface area (Å²) in [7, 11) is 0. The molecule has 1 fully saturated rings. The Morgan fingerprint density at radius 1 is 1.08 bits per heavy atom. The highest BCUT2D eigenvalue weighted by molar-refractivity contribution is 5.74. The highest BCUT2D eigenvalue weighted by Gasteiger charge is 2.22. The predicted octanol–water partition coefficient (Wildman–Crippen LogP) is 3.04. The van der Waals surface area contributed by atoms with Gasteiger partial charge in [0, 0.05) is 26.2 Å². The molecule has 2 aromatic rings. The third kappa shape index (κ3) is 4.65. The van der Waals surface area contributed by atoms with Crippen LogP contribution in [0.25, 0.3) is 0 Å². The molecule has 26 heavy (non-hydrogen) atoms. The number of rotatable bonds is 5. The first-order valence-corrected chi connectivity index (χ1v) is 8.85. The van der Waals surface area contributed by atoms with Crippen molar-refractivity contribution in [1.29, 1.82) is 0 Å². The van der Waals surface area contributed by atoms with Crippen LogP contribution in [-0.2, 0) is 0 Å². The maximum absolute atomic E-state index is 13.8. The van der Waals surface area contributed by atoms with E-state index in [1.165, 1.54) is 11.6 Å². The summed E-state index contributed by atoms with van der Waals surface area (Å²) in [5.41, 5.74) is 1.78. The van der Waals surface area contributed by atoms with E-state index >= 15 is 0 Å². The number of benzene rings is 2. The number of halogens is 1. The Hall–Kier alpha value is -2.76. The summed E-state index contributed by atoms with van der Waals surface area (Å²) >= 11 is 0. The Balaban J connectivity index is 1.38. The van der Waals surface area contributed by atoms with Gasteiger partial charge in [0.2, 0.25) is 0 Å². The fourth-order valence-corrected chi connectivity index (χ4v) is 2.93. The van der Waals surface area contributed by atoms with Gasteiger partial charge in [-0.25, -0.2) is 9.18 Å². The smallest absolute Gasteiger partial charge is 0.317 e. The van der Waals surface area contributed by atoms with E-state index in [-0.39, 0.29) is 11.8 Å². The minimum absolute atomic E-state index is 0.106. The maximum Gasteiger partial charge on any atom is 0.317 e. The van der Waals surface area contributed by atoms with Gasteiger partial charge in [0.1, 0.15) is 18.2 Å². The Morgan fingerprint density at radius 3 is 2.46 bits per heavy atom. The number of hydrogen-bond donors (Lipinski definition) is 1. The Bertz CT molecular complexity index is 728. The summed E-state index contributed by atoms with van der Waals surface area (Å²) in [5, 5.41) is 2.87. The third-order valence-corrected chi connectivity index (χ3v) is 4.43. The summed E-state index contributed by atoms with van der Waals surface area (Å²) in [4.78, 5) is 16.0. The van der Waals surface area contributed by atoms with Gasteiger partial charge in [-0.3, -0.25) is 0 Å². The molecule has 0 aromatic heterocycles. The summed E-state index contributed by atoms with van der Waals surface area (Å²) in [6.07, 6.45) is 0. The van der Waals surface area contributed by atoms with Crippen LogP contribution >= 0.6 is 0 Å². The molecule has 0 aliphatic carbocycles. The summed E-state index contributed by atoms with van der Waals surface area (Å²) in [6.45, 7) is 5.26. The van der Waals surface area contributed by atoms with Gasteiger partial charge in [-0.05, 0) is 31.2 Å². The number of ether oxygens (including phenoxy) is 1. The van der Waals surface area contributed by atoms with E-state index in [2.05, 4.69) is 5.32 Å². The molecule has 2 aromatic carbocycles. The standard InChI is InChI=1S/C20H24FN3O2/c1-16-6-8-17(9-7-16)26-15-10-22-20(25)24-13-11-23(12-14-24)19-5-3-2-4-18(19)21/h2-9H,10-15H2,1H3,(H,22,25). The number of piperazine rings is 1. The molecule has 2 amide bonds. The van der Waals surface area contributed by atoms with Crippen molar-refractivity contribution >= 4 is 11.7 Å². The van der Waals surface area contributed by atoms with E-state index in [1.54, 1.807) is 17.0 Å². The fourth-order valence-electron chi connectivity index (χ4n) is 2.93. The molecule has 0 spiro atoms. The minimum Gasteiger partial charge on any atom is -0.492 e. The lowest BCUT2D eigenvalue weighted by molar-refractivity contribution is 0.191. The summed E-state index contributed by atoms with van der Waals surface area (Å²) < 4.78 is 19.5. The molecule has 138 valence electrons. The van der Waals surface area contributed by atoms with E-state index in [1.807, 2.05) is 42.2 Å². The van der Waals surface area contributed by atoms with Gasteiger partial charge in [0.25, 0.3) is 0 Å². The minimum atomic E-state index is -0.223. The van der Waals surface area contributed by atoms with E-state index in [4.69, 9.17) is 4.74 Å². The summed E-state index contributed by atoms with van der Waals surface area (Å²) in [6, 6.07) is 14.4. The number of para-hydroxylation sites is 1. The number of anilines is 1. The van der Waals surface area contributed by atoms with Gasteiger partial charge >= 0.3 is 6.03 Å². The molecule has 3 rings (SSSR count). The number of aryl methyl sites for hydroxylation is 1. The van der Waals surface area contributed by atoms with Gasteiger partial charge < -0.3 is 19.9 Å². The van der Waals surface area contributed by atoms with Crippen LogP contribution in [0.3, 0.4) is 0 Å². The van der Waals surface area contributed by atoms with Gasteiger partial charge in [0.15, 0.2) is 0 Å². The Kier molecular flexibility index (Phi) is 5.94. The summed E-state index contributed by atoms with van der Waals surface area (Å²) in [5.74, 6) is 0.571. The highest BCUT2D eigenvalue weighted by Crippen LogP contribution is 2.20. The second-order valence-electron chi connectivity index (χ2n) is 6.32. The lowest BCUT2D eigenvalue weighted by Crippen LogP contribution is -2.52. The fraction of sp³-hybridized carbons (Fsp3) is 0.350. The van der Waals surface area contributed by atoms with E-state index < -0.39 is 0 Å². The number of urea groups is 1. The van der Waals surface area contributed by atoms with E-state index in [9.17, 15) is 9.18 Å². The molecule has 0 saturated carbocycles. The van der Waals surface area contributed by atoms with Crippen molar-refractivity contribution in [2.75, 3.05) is 44.2 Å². The molecule has 0 atom stereocenters. The molecule has 1 aliphatic heterocycles. The molecular formula is C20H24FN3O2. The highest BCUT2D eigenvalue weighted by atomic mass is 19.1. The Labute approximate surface area is 153 Å². The van der Waals surface area contributed by atoms with Crippen molar-refractivity contribution in [1.82, 2.24) is 10.2 Å². The quantitative estimate of drug-likeness (QED) is 0.837. The van der Waals surface area contributed by atoms with Crippen LogP contribution in [0.4, 0.5) is 14.9 Å². The van der Waals surface area contributed by atoms with Crippen LogP contribution in [0.15, 0.2) is 48.5 Å². The molecule has 6 heteroatoms. The molecule has 0 unspecified atom stereocenters. The normalized spacial score (nSPS) is 14.2. The van der Waals surface area contributed by atoms with Gasteiger partial charge in [0.05, 0.1) is 12.2 Å². The molecule has 5 nitrogen and oxygen atoms in total. The number of amides is 2. The number of hydrogen-bond acceptors (Lipinski definition) is 3. The van der Waals surface area contributed by atoms with E-state index in [0.717, 1.165) is 5.75 Å². The number of nitrogens with one attached hydrogen (secondary N) is 1. The molecule has 1 saturated heterocycles. The second kappa shape index (κ2) is 8.56. The monoisotopic (exact) mass is 357 g/mol. The Morgan fingerprint density at radius 2 is 1.77 bits per heavy atom. The van der Waals surface area contributed by atoms with Crippen molar-refractivity contribution in [3.8, 4) is 5.75 Å². The van der Waals surface area contributed by atoms with Gasteiger partial charge in [-0.2, -0.15) is 0 Å². The average Bonchev–Trinajstić information content (AvgIpc) is 2.67. The van der Waals surface area contributed by atoms with Crippen molar-refractivity contribution in [3.05, 3.63) is 59.9 Å². The zero-order valence-electron chi connectivity index (χ0n) is 15.0. The molecule has 1 heterocycles. The number of carbonyl (C=O) groups excluding carboxylic acids is 1. The van der Waals surface area contributed by atoms with Gasteiger partial charge in [-0.15, -0.1) is 0 Å². The first-order valence-electron chi connectivity index (χ1n) is 8.85.